The van der Waals surface area contributed by atoms with Gasteiger partial charge in [-0.3, -0.25) is 9.36 Å². The van der Waals surface area contributed by atoms with Crippen molar-refractivity contribution in [2.45, 2.75) is 213 Å². The molecule has 0 aromatic heterocycles. The van der Waals surface area contributed by atoms with Gasteiger partial charge in [0.2, 0.25) is 0 Å². The van der Waals surface area contributed by atoms with E-state index in [-0.39, 0.29) is 25.8 Å². The van der Waals surface area contributed by atoms with E-state index in [1.807, 2.05) is 21.1 Å². The van der Waals surface area contributed by atoms with Crippen molar-refractivity contribution in [1.29, 1.82) is 0 Å². The third-order valence-electron chi connectivity index (χ3n) is 10.9. The standard InChI is InChI=1S/C56H100NO7P/c1-6-8-10-12-14-16-18-20-22-24-25-26-27-28-29-30-31-32-34-36-38-40-42-44-46-48-51-61-53-55(54-63-65(59,60)62-52-50-57(3,4)5)64-56(58)49-47-45-43-41-39-37-35-33-23-21-19-17-15-13-11-9-7-2/h8,10,14,16,20-23,25-26,28-29,31-32,55H,6-7,9,11-13,15,17-19,24,27,30,33-54H2,1-5H3/b10-8-,16-14-,22-20-,23-21-,26-25-,29-28-,32-31-. The lowest BCUT2D eigenvalue weighted by molar-refractivity contribution is -0.870. The molecular formula is C56H100NO7P. The van der Waals surface area contributed by atoms with E-state index < -0.39 is 13.9 Å². The monoisotopic (exact) mass is 930 g/mol. The van der Waals surface area contributed by atoms with Crippen LogP contribution < -0.4 is 4.89 Å². The van der Waals surface area contributed by atoms with E-state index in [4.69, 9.17) is 18.5 Å². The van der Waals surface area contributed by atoms with Gasteiger partial charge in [0.25, 0.3) is 7.82 Å². The van der Waals surface area contributed by atoms with Crippen LogP contribution in [0.25, 0.3) is 0 Å². The van der Waals surface area contributed by atoms with E-state index in [1.54, 1.807) is 0 Å². The molecule has 0 aliphatic rings. The lowest BCUT2D eigenvalue weighted by Gasteiger charge is -2.28. The average molecular weight is 930 g/mol. The van der Waals surface area contributed by atoms with E-state index >= 15 is 0 Å². The number of rotatable bonds is 48. The number of carbonyl (C=O) groups excluding carboxylic acids is 1. The maximum Gasteiger partial charge on any atom is 0.306 e. The Balaban J connectivity index is 4.17. The molecule has 9 heteroatoms. The number of allylic oxidation sites excluding steroid dienone is 14. The summed E-state index contributed by atoms with van der Waals surface area (Å²) in [5, 5.41) is 0. The van der Waals surface area contributed by atoms with Gasteiger partial charge in [-0.25, -0.2) is 0 Å². The zero-order valence-corrected chi connectivity index (χ0v) is 43.6. The highest BCUT2D eigenvalue weighted by atomic mass is 31.2. The van der Waals surface area contributed by atoms with Crippen LogP contribution in [0.5, 0.6) is 0 Å². The Kier molecular flexibility index (Phi) is 46.4. The Morgan fingerprint density at radius 3 is 1.35 bits per heavy atom. The highest BCUT2D eigenvalue weighted by Gasteiger charge is 2.20. The van der Waals surface area contributed by atoms with E-state index in [0.717, 1.165) is 83.5 Å². The van der Waals surface area contributed by atoms with Gasteiger partial charge >= 0.3 is 5.97 Å². The van der Waals surface area contributed by atoms with Crippen LogP contribution in [0.3, 0.4) is 0 Å². The van der Waals surface area contributed by atoms with Gasteiger partial charge in [0.05, 0.1) is 34.4 Å². The smallest absolute Gasteiger partial charge is 0.306 e. The molecule has 0 rings (SSSR count). The number of quaternary nitrogens is 1. The predicted molar refractivity (Wildman–Crippen MR) is 277 cm³/mol. The number of phosphoric ester groups is 1. The number of hydrogen-bond donors (Lipinski definition) is 0. The van der Waals surface area contributed by atoms with Crippen LogP contribution in [-0.4, -0.2) is 70.7 Å². The lowest BCUT2D eigenvalue weighted by Crippen LogP contribution is -2.37. The third-order valence-corrected chi connectivity index (χ3v) is 11.9. The van der Waals surface area contributed by atoms with Gasteiger partial charge in [-0.1, -0.05) is 195 Å². The van der Waals surface area contributed by atoms with Crippen LogP contribution in [0, 0.1) is 0 Å². The van der Waals surface area contributed by atoms with Gasteiger partial charge < -0.3 is 27.9 Å². The summed E-state index contributed by atoms with van der Waals surface area (Å²) in [6.45, 7) is 5.26. The SMILES string of the molecule is CC/C=C\C/C=C\C/C=C\C/C=C\C/C=C\C/C=C\CCCCCCCCCOCC(COP(=O)([O-])OCC[N+](C)(C)C)OC(=O)CCCCCCCCC/C=C\CCCCCCCC. The second-order valence-electron chi connectivity index (χ2n) is 18.5. The van der Waals surface area contributed by atoms with Crippen LogP contribution in [0.2, 0.25) is 0 Å². The molecular weight excluding hydrogens is 830 g/mol. The minimum Gasteiger partial charge on any atom is -0.756 e. The number of likely N-dealkylation sites (N-methyl/N-ethyl adjacent to an activating group) is 1. The summed E-state index contributed by atoms with van der Waals surface area (Å²) in [6.07, 6.45) is 64.6. The van der Waals surface area contributed by atoms with E-state index in [2.05, 4.69) is 98.9 Å². The molecule has 0 spiro atoms. The zero-order valence-electron chi connectivity index (χ0n) is 42.7. The molecule has 0 radical (unpaired) electrons. The van der Waals surface area contributed by atoms with Crippen LogP contribution in [0.1, 0.15) is 206 Å². The molecule has 0 saturated carbocycles. The quantitative estimate of drug-likeness (QED) is 0.0197. The van der Waals surface area contributed by atoms with E-state index in [0.29, 0.717) is 24.1 Å². The van der Waals surface area contributed by atoms with Gasteiger partial charge in [0.1, 0.15) is 19.3 Å². The molecule has 376 valence electrons. The number of esters is 1. The first kappa shape index (κ1) is 62.7. The maximum absolute atomic E-state index is 12.7. The Morgan fingerprint density at radius 1 is 0.492 bits per heavy atom. The van der Waals surface area contributed by atoms with Crippen LogP contribution in [0.15, 0.2) is 85.1 Å². The highest BCUT2D eigenvalue weighted by Crippen LogP contribution is 2.38. The summed E-state index contributed by atoms with van der Waals surface area (Å²) in [5.41, 5.74) is 0. The summed E-state index contributed by atoms with van der Waals surface area (Å²) in [4.78, 5) is 25.2. The van der Waals surface area contributed by atoms with Crippen LogP contribution >= 0.6 is 7.82 Å². The van der Waals surface area contributed by atoms with Crippen molar-refractivity contribution in [3.8, 4) is 0 Å². The van der Waals surface area contributed by atoms with Gasteiger partial charge in [-0.05, 0) is 89.9 Å². The summed E-state index contributed by atoms with van der Waals surface area (Å²) in [5.74, 6) is -0.345. The zero-order chi connectivity index (χ0) is 47.6. The fraction of sp³-hybridized carbons (Fsp3) is 0.732. The Bertz CT molecular complexity index is 1310. The second-order valence-corrected chi connectivity index (χ2v) is 19.9. The summed E-state index contributed by atoms with van der Waals surface area (Å²) in [7, 11) is 1.34. The molecule has 2 atom stereocenters. The summed E-state index contributed by atoms with van der Waals surface area (Å²) in [6, 6.07) is 0. The topological polar surface area (TPSA) is 94.1 Å². The van der Waals surface area contributed by atoms with Crippen molar-refractivity contribution in [3.63, 3.8) is 0 Å². The number of unbranched alkanes of at least 4 members (excludes halogenated alkanes) is 20. The Morgan fingerprint density at radius 2 is 0.892 bits per heavy atom. The van der Waals surface area contributed by atoms with Crippen molar-refractivity contribution in [3.05, 3.63) is 85.1 Å². The van der Waals surface area contributed by atoms with Crippen molar-refractivity contribution in [1.82, 2.24) is 0 Å². The summed E-state index contributed by atoms with van der Waals surface area (Å²) >= 11 is 0. The first-order valence-electron chi connectivity index (χ1n) is 26.3. The van der Waals surface area contributed by atoms with Gasteiger partial charge in [0, 0.05) is 13.0 Å². The molecule has 2 unspecified atom stereocenters. The molecule has 8 nitrogen and oxygen atoms in total. The Labute approximate surface area is 401 Å². The largest absolute Gasteiger partial charge is 0.756 e. The van der Waals surface area contributed by atoms with Crippen molar-refractivity contribution in [2.24, 2.45) is 0 Å². The number of carbonyl (C=O) groups is 1. The van der Waals surface area contributed by atoms with E-state index in [1.165, 1.54) is 103 Å². The number of nitrogens with zero attached hydrogens (tertiary/aromatic N) is 1. The molecule has 65 heavy (non-hydrogen) atoms. The van der Waals surface area contributed by atoms with Gasteiger partial charge in [0.15, 0.2) is 0 Å². The van der Waals surface area contributed by atoms with Gasteiger partial charge in [-0.2, -0.15) is 0 Å². The van der Waals surface area contributed by atoms with Crippen molar-refractivity contribution in [2.75, 3.05) is 54.1 Å². The highest BCUT2D eigenvalue weighted by molar-refractivity contribution is 7.45. The van der Waals surface area contributed by atoms with Crippen LogP contribution in [0.4, 0.5) is 0 Å². The minimum absolute atomic E-state index is 0.0189. The predicted octanol–water partition coefficient (Wildman–Crippen LogP) is 15.8. The normalized spacial score (nSPS) is 14.2. The molecule has 0 amide bonds. The molecule has 0 saturated heterocycles. The fourth-order valence-corrected chi connectivity index (χ4v) is 7.63. The molecule has 0 heterocycles. The number of phosphoric acid groups is 1. The Hall–Kier alpha value is -2.32. The van der Waals surface area contributed by atoms with Crippen molar-refractivity contribution < 1.29 is 37.3 Å². The maximum atomic E-state index is 12.7. The lowest BCUT2D eigenvalue weighted by atomic mass is 10.1. The number of ether oxygens (including phenoxy) is 2. The second kappa shape index (κ2) is 48.1. The molecule has 0 aliphatic heterocycles. The summed E-state index contributed by atoms with van der Waals surface area (Å²) < 4.78 is 34.7. The van der Waals surface area contributed by atoms with Gasteiger partial charge in [-0.15, -0.1) is 0 Å². The average Bonchev–Trinajstić information content (AvgIpc) is 3.27. The molecule has 0 N–H and O–H groups in total. The molecule has 0 aromatic carbocycles. The number of hydrogen-bond acceptors (Lipinski definition) is 7. The minimum atomic E-state index is -4.54. The van der Waals surface area contributed by atoms with E-state index in [9.17, 15) is 14.3 Å². The first-order chi connectivity index (χ1) is 31.6. The van der Waals surface area contributed by atoms with Crippen LogP contribution in [-0.2, 0) is 27.9 Å². The molecule has 0 bridgehead atoms. The molecule has 0 aliphatic carbocycles. The third kappa shape index (κ3) is 52.5. The first-order valence-corrected chi connectivity index (χ1v) is 27.8. The fourth-order valence-electron chi connectivity index (χ4n) is 6.90. The molecule has 0 fully saturated rings. The van der Waals surface area contributed by atoms with Crippen molar-refractivity contribution >= 4 is 13.8 Å². The molecule has 0 aromatic rings.